The van der Waals surface area contributed by atoms with Crippen LogP contribution in [0.1, 0.15) is 35.5 Å². The van der Waals surface area contributed by atoms with Gasteiger partial charge in [-0.05, 0) is 29.5 Å². The van der Waals surface area contributed by atoms with Crippen molar-refractivity contribution in [3.63, 3.8) is 0 Å². The molecule has 0 fully saturated rings. The molecule has 1 radical (unpaired) electrons. The number of carbonyl (C=O) groups is 2. The molecule has 2 aromatic carbocycles. The van der Waals surface area contributed by atoms with E-state index in [0.717, 1.165) is 36.0 Å². The first-order valence-corrected chi connectivity index (χ1v) is 14.2. The van der Waals surface area contributed by atoms with Crippen LogP contribution in [0.25, 0.3) is 10.1 Å². The van der Waals surface area contributed by atoms with Crippen LogP contribution in [-0.4, -0.2) is 28.3 Å². The van der Waals surface area contributed by atoms with Gasteiger partial charge in [-0.15, -0.1) is 11.3 Å². The van der Waals surface area contributed by atoms with Crippen molar-refractivity contribution in [1.29, 1.82) is 0 Å². The number of esters is 1. The van der Waals surface area contributed by atoms with E-state index in [1.165, 1.54) is 0 Å². The third-order valence-corrected chi connectivity index (χ3v) is 8.43. The number of carbonyl (C=O) groups excluding carboxylic acids is 2. The minimum atomic E-state index is -5.60. The Balaban J connectivity index is 0.00000560. The summed E-state index contributed by atoms with van der Waals surface area (Å²) in [6.07, 6.45) is 0.232. The van der Waals surface area contributed by atoms with Crippen LogP contribution in [0, 0.1) is 35.0 Å². The van der Waals surface area contributed by atoms with Gasteiger partial charge in [0, 0.05) is 44.8 Å². The molecule has 0 bridgehead atoms. The quantitative estimate of drug-likeness (QED) is 0.0341. The standard InChI is InChI=1S/C23H18F7O6PS2.Ag/c1-10(2)7-15(31)38-6-5-35-37(33,34)23(29,30)12-3-4-13-11(8-12)9-14(39-13)22(32)36-21-19(27)17(25)16(24)18(26)20(21)28;/h3-4,8-10H,5-7H2,1-2H3,(H,33,34);. The molecule has 1 N–H and O–H groups in total. The van der Waals surface area contributed by atoms with E-state index in [-0.39, 0.29) is 55.7 Å². The SMILES string of the molecule is CC(C)CC(=O)SCCOP(=O)(O)C(F)(F)c1ccc2sc(C(=O)Oc3c(F)c(F)c(F)c(F)c3F)cc2c1.[Ag]. The molecule has 0 saturated heterocycles. The summed E-state index contributed by atoms with van der Waals surface area (Å²) >= 11 is 1.35. The maximum atomic E-state index is 14.9. The largest absolute Gasteiger partial charge is 0.416 e. The monoisotopic (exact) mass is 725 g/mol. The van der Waals surface area contributed by atoms with E-state index in [0.29, 0.717) is 11.3 Å². The van der Waals surface area contributed by atoms with Gasteiger partial charge in [-0.1, -0.05) is 31.7 Å². The molecular formula is C23H18AgF7O6PS2. The number of halogens is 7. The fourth-order valence-corrected chi connectivity index (χ4v) is 5.96. The molecule has 223 valence electrons. The van der Waals surface area contributed by atoms with Crippen LogP contribution in [-0.2, 0) is 41.9 Å². The Kier molecular flexibility index (Phi) is 11.7. The molecule has 0 spiro atoms. The Hall–Kier alpha value is -1.71. The minimum Gasteiger partial charge on any atom is -0.416 e. The fraction of sp³-hybridized carbons (Fsp3) is 0.304. The second-order valence-electron chi connectivity index (χ2n) is 8.37. The summed E-state index contributed by atoms with van der Waals surface area (Å²) in [7, 11) is -5.60. The number of ether oxygens (including phenoxy) is 1. The first-order chi connectivity index (χ1) is 18.1. The summed E-state index contributed by atoms with van der Waals surface area (Å²) in [5.74, 6) is -15.4. The van der Waals surface area contributed by atoms with Crippen molar-refractivity contribution in [1.82, 2.24) is 0 Å². The van der Waals surface area contributed by atoms with Crippen molar-refractivity contribution in [2.45, 2.75) is 25.9 Å². The van der Waals surface area contributed by atoms with Gasteiger partial charge >= 0.3 is 19.2 Å². The van der Waals surface area contributed by atoms with Crippen molar-refractivity contribution < 1.29 is 81.4 Å². The number of thiophene rings is 1. The second-order valence-corrected chi connectivity index (χ2v) is 12.5. The van der Waals surface area contributed by atoms with Crippen LogP contribution >= 0.6 is 30.7 Å². The molecule has 1 atom stereocenters. The predicted octanol–water partition coefficient (Wildman–Crippen LogP) is 7.37. The number of fused-ring (bicyclic) bond motifs is 1. The number of hydrogen-bond donors (Lipinski definition) is 1. The molecular weight excluding hydrogens is 708 g/mol. The average molecular weight is 726 g/mol. The van der Waals surface area contributed by atoms with Crippen LogP contribution in [0.2, 0.25) is 0 Å². The molecule has 40 heavy (non-hydrogen) atoms. The number of rotatable bonds is 10. The van der Waals surface area contributed by atoms with Crippen LogP contribution < -0.4 is 4.74 Å². The number of hydrogen-bond acceptors (Lipinski definition) is 7. The van der Waals surface area contributed by atoms with Gasteiger partial charge in [-0.25, -0.2) is 18.0 Å². The van der Waals surface area contributed by atoms with E-state index < -0.39 is 71.1 Å². The summed E-state index contributed by atoms with van der Waals surface area (Å²) < 4.78 is 119. The van der Waals surface area contributed by atoms with Crippen molar-refractivity contribution >= 4 is 51.9 Å². The minimum absolute atomic E-state index is 0. The van der Waals surface area contributed by atoms with E-state index in [2.05, 4.69) is 9.26 Å². The molecule has 0 amide bonds. The summed E-state index contributed by atoms with van der Waals surface area (Å²) in [5, 5.41) is -0.318. The van der Waals surface area contributed by atoms with Crippen molar-refractivity contribution in [3.05, 3.63) is 63.8 Å². The van der Waals surface area contributed by atoms with E-state index in [9.17, 15) is 49.8 Å². The van der Waals surface area contributed by atoms with Gasteiger partial charge < -0.3 is 14.2 Å². The van der Waals surface area contributed by atoms with Gasteiger partial charge in [0.1, 0.15) is 4.88 Å². The predicted molar refractivity (Wildman–Crippen MR) is 130 cm³/mol. The molecule has 1 heterocycles. The number of alkyl halides is 2. The molecule has 0 saturated carbocycles. The van der Waals surface area contributed by atoms with E-state index in [4.69, 9.17) is 0 Å². The topological polar surface area (TPSA) is 89.9 Å². The van der Waals surface area contributed by atoms with E-state index in [1.807, 2.05) is 0 Å². The zero-order chi connectivity index (χ0) is 29.3. The maximum absolute atomic E-state index is 14.9. The Morgan fingerprint density at radius 2 is 1.60 bits per heavy atom. The van der Waals surface area contributed by atoms with Crippen molar-refractivity contribution in [3.8, 4) is 5.75 Å². The van der Waals surface area contributed by atoms with E-state index in [1.54, 1.807) is 13.8 Å². The van der Waals surface area contributed by atoms with Gasteiger partial charge in [0.15, 0.2) is 5.12 Å². The Morgan fingerprint density at radius 3 is 2.17 bits per heavy atom. The Morgan fingerprint density at radius 1 is 1.02 bits per heavy atom. The zero-order valence-electron chi connectivity index (χ0n) is 20.2. The third kappa shape index (κ3) is 7.37. The molecule has 1 unspecified atom stereocenters. The first kappa shape index (κ1) is 34.5. The molecule has 3 rings (SSSR count). The van der Waals surface area contributed by atoms with Crippen LogP contribution in [0.4, 0.5) is 30.7 Å². The van der Waals surface area contributed by atoms with Crippen LogP contribution in [0.3, 0.4) is 0 Å². The number of benzene rings is 2. The second kappa shape index (κ2) is 13.5. The summed E-state index contributed by atoms with van der Waals surface area (Å²) in [6.45, 7) is 2.99. The fourth-order valence-electron chi connectivity index (χ4n) is 3.10. The number of thioether (sulfide) groups is 1. The first-order valence-electron chi connectivity index (χ1n) is 10.8. The molecule has 0 aliphatic carbocycles. The smallest absolute Gasteiger partial charge is 0.401 e. The van der Waals surface area contributed by atoms with Gasteiger partial charge in [0.2, 0.25) is 34.8 Å². The Bertz CT molecular complexity index is 1450. The molecule has 3 aromatic rings. The Labute approximate surface area is 246 Å². The molecule has 17 heteroatoms. The molecule has 6 nitrogen and oxygen atoms in total. The van der Waals surface area contributed by atoms with Gasteiger partial charge in [0.25, 0.3) is 0 Å². The van der Waals surface area contributed by atoms with Gasteiger partial charge in [-0.2, -0.15) is 17.6 Å². The normalized spacial score (nSPS) is 13.3. The molecule has 0 aliphatic rings. The van der Waals surface area contributed by atoms with E-state index >= 15 is 0 Å². The zero-order valence-corrected chi connectivity index (χ0v) is 24.2. The van der Waals surface area contributed by atoms with Crippen LogP contribution in [0.15, 0.2) is 24.3 Å². The van der Waals surface area contributed by atoms with Crippen molar-refractivity contribution in [2.24, 2.45) is 5.92 Å². The van der Waals surface area contributed by atoms with Crippen LogP contribution in [0.5, 0.6) is 5.75 Å². The maximum Gasteiger partial charge on any atom is 0.401 e. The van der Waals surface area contributed by atoms with Crippen molar-refractivity contribution in [2.75, 3.05) is 12.4 Å². The van der Waals surface area contributed by atoms with Gasteiger partial charge in [0.05, 0.1) is 6.61 Å². The summed E-state index contributed by atoms with van der Waals surface area (Å²) in [5.41, 5.74) is -5.38. The molecule has 0 aliphatic heterocycles. The summed E-state index contributed by atoms with van der Waals surface area (Å²) in [6, 6.07) is 3.52. The van der Waals surface area contributed by atoms with Gasteiger partial charge in [-0.3, -0.25) is 9.36 Å². The summed E-state index contributed by atoms with van der Waals surface area (Å²) in [4.78, 5) is 33.4. The molecule has 1 aromatic heterocycles. The third-order valence-electron chi connectivity index (χ3n) is 4.97. The average Bonchev–Trinajstić information content (AvgIpc) is 3.30.